The number of ketones is 1. The van der Waals surface area contributed by atoms with Gasteiger partial charge in [-0.25, -0.2) is 9.79 Å². The number of rotatable bonds is 3. The van der Waals surface area contributed by atoms with Gasteiger partial charge >= 0.3 is 5.97 Å². The summed E-state index contributed by atoms with van der Waals surface area (Å²) < 4.78 is 4.71. The number of methoxy groups -OCH3 is 1. The van der Waals surface area contributed by atoms with Gasteiger partial charge in [0.15, 0.2) is 0 Å². The Bertz CT molecular complexity index is 1000. The molecule has 1 aliphatic carbocycles. The number of nitrogens with zero attached hydrogens (tertiary/aromatic N) is 2. The van der Waals surface area contributed by atoms with E-state index in [2.05, 4.69) is 9.89 Å². The van der Waals surface area contributed by atoms with E-state index in [1.165, 1.54) is 7.11 Å². The minimum atomic E-state index is -0.415. The molecule has 1 saturated heterocycles. The lowest BCUT2D eigenvalue weighted by atomic mass is 9.90. The van der Waals surface area contributed by atoms with E-state index in [9.17, 15) is 14.7 Å². The molecule has 1 aliphatic heterocycles. The molecule has 142 valence electrons. The average Bonchev–Trinajstić information content (AvgIpc) is 3.24. The molecule has 2 aliphatic rings. The Labute approximate surface area is 162 Å². The molecule has 0 bridgehead atoms. The van der Waals surface area contributed by atoms with Crippen molar-refractivity contribution in [1.82, 2.24) is 4.90 Å². The van der Waals surface area contributed by atoms with E-state index < -0.39 is 5.97 Å². The number of aliphatic imine (C=N–C) groups is 1. The van der Waals surface area contributed by atoms with Crippen molar-refractivity contribution in [2.45, 2.75) is 12.8 Å². The number of likely N-dealkylation sites (tertiary alicyclic amines) is 1. The molecule has 1 heterocycles. The molecule has 0 atom stereocenters. The number of fused-ring (bicyclic) bond motifs is 1. The summed E-state index contributed by atoms with van der Waals surface area (Å²) in [6.07, 6.45) is 3.86. The number of Topliss-reactive ketones (excluding diaryl/α,β-unsaturated/α-hetero) is 1. The molecule has 0 spiro atoms. The van der Waals surface area contributed by atoms with Crippen LogP contribution in [0, 0.1) is 0 Å². The number of carbonyl (C=O) groups excluding carboxylic acids is 2. The second kappa shape index (κ2) is 7.31. The zero-order chi connectivity index (χ0) is 19.7. The summed E-state index contributed by atoms with van der Waals surface area (Å²) >= 11 is 0. The molecule has 2 aromatic rings. The van der Waals surface area contributed by atoms with Gasteiger partial charge in [-0.1, -0.05) is 12.1 Å². The molecule has 4 rings (SSSR count). The summed E-state index contributed by atoms with van der Waals surface area (Å²) in [6, 6.07) is 11.6. The largest absolute Gasteiger partial charge is 0.507 e. The van der Waals surface area contributed by atoms with Gasteiger partial charge in [0.25, 0.3) is 0 Å². The van der Waals surface area contributed by atoms with Gasteiger partial charge in [0, 0.05) is 18.7 Å². The second-order valence-electron chi connectivity index (χ2n) is 6.79. The molecule has 0 aromatic heterocycles. The molecule has 0 saturated carbocycles. The molecule has 0 unspecified atom stereocenters. The summed E-state index contributed by atoms with van der Waals surface area (Å²) in [5.74, 6) is -0.484. The zero-order valence-electron chi connectivity index (χ0n) is 15.5. The quantitative estimate of drug-likeness (QED) is 0.830. The van der Waals surface area contributed by atoms with Gasteiger partial charge in [-0.3, -0.25) is 4.79 Å². The summed E-state index contributed by atoms with van der Waals surface area (Å²) in [6.45, 7) is 1.68. The maximum atomic E-state index is 13.0. The highest BCUT2D eigenvalue weighted by molar-refractivity contribution is 6.27. The standard InChI is InChI=1S/C22H20N2O4/c1-28-22(27)14-7-9-15(10-8-14)23-17-13-18(24-11-2-3-12-24)21(26)16-5-4-6-19(25)20(16)17/h4-10,13,25H,2-3,11-12H2,1H3. The summed E-state index contributed by atoms with van der Waals surface area (Å²) in [5, 5.41) is 10.4. The van der Waals surface area contributed by atoms with Crippen LogP contribution in [0.3, 0.4) is 0 Å². The summed E-state index contributed by atoms with van der Waals surface area (Å²) in [4.78, 5) is 31.3. The third-order valence-electron chi connectivity index (χ3n) is 5.03. The maximum absolute atomic E-state index is 13.0. The average molecular weight is 376 g/mol. The minimum Gasteiger partial charge on any atom is -0.507 e. The van der Waals surface area contributed by atoms with E-state index in [1.807, 2.05) is 0 Å². The van der Waals surface area contributed by atoms with Gasteiger partial charge in [-0.05, 0) is 49.2 Å². The monoisotopic (exact) mass is 376 g/mol. The highest BCUT2D eigenvalue weighted by Gasteiger charge is 2.30. The molecule has 28 heavy (non-hydrogen) atoms. The number of allylic oxidation sites excluding steroid dienone is 2. The normalized spacial score (nSPS) is 17.5. The SMILES string of the molecule is COC(=O)c1ccc(N=C2C=C(N3CCCC3)C(=O)c3cccc(O)c32)cc1. The van der Waals surface area contributed by atoms with Crippen molar-refractivity contribution in [3.63, 3.8) is 0 Å². The fraction of sp³-hybridized carbons (Fsp3) is 0.227. The first-order chi connectivity index (χ1) is 13.6. The second-order valence-corrected chi connectivity index (χ2v) is 6.79. The smallest absolute Gasteiger partial charge is 0.337 e. The number of esters is 1. The van der Waals surface area contributed by atoms with Crippen LogP contribution in [0.4, 0.5) is 5.69 Å². The van der Waals surface area contributed by atoms with Crippen LogP contribution in [-0.4, -0.2) is 47.7 Å². The number of carbonyl (C=O) groups is 2. The molecular formula is C22H20N2O4. The van der Waals surface area contributed by atoms with Crippen LogP contribution in [0.5, 0.6) is 5.75 Å². The van der Waals surface area contributed by atoms with Crippen LogP contribution in [0.1, 0.15) is 39.1 Å². The first-order valence-corrected chi connectivity index (χ1v) is 9.19. The fourth-order valence-electron chi connectivity index (χ4n) is 3.61. The summed E-state index contributed by atoms with van der Waals surface area (Å²) in [7, 11) is 1.33. The van der Waals surface area contributed by atoms with Crippen LogP contribution in [0.2, 0.25) is 0 Å². The van der Waals surface area contributed by atoms with E-state index in [0.29, 0.717) is 33.8 Å². The molecular weight excluding hydrogens is 356 g/mol. The Kier molecular flexibility index (Phi) is 4.69. The lowest BCUT2D eigenvalue weighted by Crippen LogP contribution is -2.29. The van der Waals surface area contributed by atoms with Gasteiger partial charge < -0.3 is 14.7 Å². The molecule has 2 aromatic carbocycles. The minimum absolute atomic E-state index is 0.0208. The van der Waals surface area contributed by atoms with Gasteiger partial charge in [0.2, 0.25) is 5.78 Å². The van der Waals surface area contributed by atoms with Crippen LogP contribution >= 0.6 is 0 Å². The van der Waals surface area contributed by atoms with Gasteiger partial charge in [0.05, 0.1) is 35.3 Å². The van der Waals surface area contributed by atoms with E-state index >= 15 is 0 Å². The van der Waals surface area contributed by atoms with Crippen LogP contribution in [0.15, 0.2) is 59.2 Å². The van der Waals surface area contributed by atoms with E-state index in [1.54, 1.807) is 48.5 Å². The number of benzene rings is 2. The van der Waals surface area contributed by atoms with Crippen molar-refractivity contribution < 1.29 is 19.4 Å². The van der Waals surface area contributed by atoms with Crippen LogP contribution < -0.4 is 0 Å². The predicted octanol–water partition coefficient (Wildman–Crippen LogP) is 3.48. The molecule has 1 fully saturated rings. The first kappa shape index (κ1) is 18.0. The van der Waals surface area contributed by atoms with E-state index in [4.69, 9.17) is 4.74 Å². The molecule has 6 heteroatoms. The number of hydrogen-bond acceptors (Lipinski definition) is 6. The lowest BCUT2D eigenvalue weighted by molar-refractivity contribution is 0.0600. The van der Waals surface area contributed by atoms with Crippen molar-refractivity contribution in [3.8, 4) is 5.75 Å². The van der Waals surface area contributed by atoms with Crippen molar-refractivity contribution in [2.75, 3.05) is 20.2 Å². The van der Waals surface area contributed by atoms with Gasteiger partial charge in [-0.2, -0.15) is 0 Å². The molecule has 0 radical (unpaired) electrons. The first-order valence-electron chi connectivity index (χ1n) is 9.19. The van der Waals surface area contributed by atoms with Crippen molar-refractivity contribution in [2.24, 2.45) is 4.99 Å². The maximum Gasteiger partial charge on any atom is 0.337 e. The Morgan fingerprint density at radius 2 is 1.82 bits per heavy atom. The van der Waals surface area contributed by atoms with Crippen molar-refractivity contribution >= 4 is 23.2 Å². The highest BCUT2D eigenvalue weighted by Crippen LogP contribution is 2.32. The van der Waals surface area contributed by atoms with Crippen LogP contribution in [0.25, 0.3) is 0 Å². The lowest BCUT2D eigenvalue weighted by Gasteiger charge is -2.25. The third-order valence-corrected chi connectivity index (χ3v) is 5.03. The summed E-state index contributed by atoms with van der Waals surface area (Å²) in [5.41, 5.74) is 3.08. The fourth-order valence-corrected chi connectivity index (χ4v) is 3.61. The Morgan fingerprint density at radius 3 is 2.50 bits per heavy atom. The predicted molar refractivity (Wildman–Crippen MR) is 105 cm³/mol. The third kappa shape index (κ3) is 3.17. The van der Waals surface area contributed by atoms with Gasteiger partial charge in [-0.15, -0.1) is 0 Å². The number of aromatic hydroxyl groups is 1. The number of phenolic OH excluding ortho intramolecular Hbond substituents is 1. The molecule has 0 amide bonds. The number of ether oxygens (including phenoxy) is 1. The number of phenols is 1. The Hall–Kier alpha value is -3.41. The number of hydrogen-bond donors (Lipinski definition) is 1. The highest BCUT2D eigenvalue weighted by atomic mass is 16.5. The van der Waals surface area contributed by atoms with Crippen LogP contribution in [-0.2, 0) is 4.74 Å². The van der Waals surface area contributed by atoms with Crippen molar-refractivity contribution in [1.29, 1.82) is 0 Å². The Balaban J connectivity index is 1.79. The Morgan fingerprint density at radius 1 is 1.11 bits per heavy atom. The molecule has 6 nitrogen and oxygen atoms in total. The van der Waals surface area contributed by atoms with Gasteiger partial charge in [0.1, 0.15) is 5.75 Å². The molecule has 1 N–H and O–H groups in total. The van der Waals surface area contributed by atoms with Crippen molar-refractivity contribution in [3.05, 3.63) is 70.9 Å². The zero-order valence-corrected chi connectivity index (χ0v) is 15.5. The van der Waals surface area contributed by atoms with E-state index in [0.717, 1.165) is 25.9 Å². The topological polar surface area (TPSA) is 79.2 Å². The van der Waals surface area contributed by atoms with E-state index in [-0.39, 0.29) is 11.5 Å².